The molecule has 6 heteroatoms. The number of amides is 1. The number of hydrogen-bond acceptors (Lipinski definition) is 4. The van der Waals surface area contributed by atoms with Crippen molar-refractivity contribution >= 4 is 17.7 Å². The van der Waals surface area contributed by atoms with Gasteiger partial charge in [0.25, 0.3) is 0 Å². The van der Waals surface area contributed by atoms with Gasteiger partial charge in [0.05, 0.1) is 17.8 Å². The Morgan fingerprint density at radius 2 is 1.67 bits per heavy atom. The molecule has 150 valence electrons. The van der Waals surface area contributed by atoms with Crippen LogP contribution in [0.3, 0.4) is 0 Å². The van der Waals surface area contributed by atoms with Gasteiger partial charge in [-0.15, -0.1) is 0 Å². The molecule has 0 fully saturated rings. The first-order chi connectivity index (χ1) is 14.6. The number of carboxylic acid groups (broad SMARTS) is 1. The summed E-state index contributed by atoms with van der Waals surface area (Å²) in [5, 5.41) is 9.17. The molecule has 6 nitrogen and oxygen atoms in total. The standard InChI is InChI=1S/C24H19NO5/c26-23(27)15-9-10-21-22(13-15)29-12-11-25(21)24(28)30-14-20-18-7-3-1-5-16(18)17-6-2-4-8-19(17)20/h1-10,13,20H,11-12,14H2,(H,26,27). The number of rotatable bonds is 3. The zero-order valence-electron chi connectivity index (χ0n) is 16.1. The highest BCUT2D eigenvalue weighted by molar-refractivity contribution is 5.93. The summed E-state index contributed by atoms with van der Waals surface area (Å²) in [5.41, 5.74) is 5.28. The fraction of sp³-hybridized carbons (Fsp3) is 0.167. The Hall–Kier alpha value is -3.80. The monoisotopic (exact) mass is 401 g/mol. The molecule has 5 rings (SSSR count). The van der Waals surface area contributed by atoms with Crippen LogP contribution < -0.4 is 9.64 Å². The van der Waals surface area contributed by atoms with Crippen LogP contribution in [0.1, 0.15) is 27.4 Å². The van der Waals surface area contributed by atoms with E-state index in [0.717, 1.165) is 11.1 Å². The van der Waals surface area contributed by atoms with Gasteiger partial charge in [-0.3, -0.25) is 4.90 Å². The molecule has 2 aliphatic rings. The number of anilines is 1. The van der Waals surface area contributed by atoms with E-state index < -0.39 is 12.1 Å². The molecule has 0 aromatic heterocycles. The zero-order valence-corrected chi connectivity index (χ0v) is 16.1. The highest BCUT2D eigenvalue weighted by Gasteiger charge is 2.31. The second-order valence-corrected chi connectivity index (χ2v) is 7.29. The zero-order chi connectivity index (χ0) is 20.7. The highest BCUT2D eigenvalue weighted by atomic mass is 16.6. The molecular formula is C24H19NO5. The third-order valence-electron chi connectivity index (χ3n) is 5.63. The van der Waals surface area contributed by atoms with Gasteiger partial charge in [0.2, 0.25) is 0 Å². The molecule has 1 aliphatic carbocycles. The summed E-state index contributed by atoms with van der Waals surface area (Å²) >= 11 is 0. The molecule has 0 atom stereocenters. The second kappa shape index (κ2) is 7.22. The number of ether oxygens (including phenoxy) is 2. The van der Waals surface area contributed by atoms with Crippen LogP contribution in [-0.4, -0.2) is 36.9 Å². The molecule has 0 unspecified atom stereocenters. The third-order valence-corrected chi connectivity index (χ3v) is 5.63. The van der Waals surface area contributed by atoms with Crippen molar-refractivity contribution in [3.05, 3.63) is 83.4 Å². The molecule has 1 N–H and O–H groups in total. The van der Waals surface area contributed by atoms with Crippen molar-refractivity contribution < 1.29 is 24.2 Å². The molecule has 1 aliphatic heterocycles. The molecule has 3 aromatic carbocycles. The summed E-state index contributed by atoms with van der Waals surface area (Å²) in [4.78, 5) is 25.6. The van der Waals surface area contributed by atoms with E-state index in [2.05, 4.69) is 24.3 Å². The summed E-state index contributed by atoms with van der Waals surface area (Å²) < 4.78 is 11.3. The van der Waals surface area contributed by atoms with E-state index >= 15 is 0 Å². The number of aromatic carboxylic acids is 1. The smallest absolute Gasteiger partial charge is 0.414 e. The van der Waals surface area contributed by atoms with E-state index in [0.29, 0.717) is 18.0 Å². The van der Waals surface area contributed by atoms with Gasteiger partial charge in [-0.25, -0.2) is 9.59 Å². The largest absolute Gasteiger partial charge is 0.490 e. The quantitative estimate of drug-likeness (QED) is 0.698. The van der Waals surface area contributed by atoms with Gasteiger partial charge in [0.1, 0.15) is 19.0 Å². The molecule has 0 saturated heterocycles. The molecule has 0 radical (unpaired) electrons. The first-order valence-corrected chi connectivity index (χ1v) is 9.76. The van der Waals surface area contributed by atoms with Gasteiger partial charge in [-0.2, -0.15) is 0 Å². The molecule has 1 heterocycles. The van der Waals surface area contributed by atoms with Crippen molar-refractivity contribution in [1.82, 2.24) is 0 Å². The lowest BCUT2D eigenvalue weighted by molar-refractivity contribution is 0.0696. The van der Waals surface area contributed by atoms with Crippen molar-refractivity contribution in [3.8, 4) is 16.9 Å². The number of benzene rings is 3. The van der Waals surface area contributed by atoms with Crippen molar-refractivity contribution in [2.75, 3.05) is 24.7 Å². The van der Waals surface area contributed by atoms with Gasteiger partial charge in [0, 0.05) is 5.92 Å². The first kappa shape index (κ1) is 18.2. The molecular weight excluding hydrogens is 382 g/mol. The fourth-order valence-electron chi connectivity index (χ4n) is 4.21. The van der Waals surface area contributed by atoms with Gasteiger partial charge in [-0.05, 0) is 40.5 Å². The maximum absolute atomic E-state index is 12.9. The van der Waals surface area contributed by atoms with Crippen molar-refractivity contribution in [1.29, 1.82) is 0 Å². The minimum Gasteiger partial charge on any atom is -0.490 e. The van der Waals surface area contributed by atoms with Crippen LogP contribution in [-0.2, 0) is 4.74 Å². The van der Waals surface area contributed by atoms with Gasteiger partial charge < -0.3 is 14.6 Å². The van der Waals surface area contributed by atoms with Crippen LogP contribution in [0.25, 0.3) is 11.1 Å². The van der Waals surface area contributed by atoms with Crippen molar-refractivity contribution in [3.63, 3.8) is 0 Å². The minimum absolute atomic E-state index is 0.0174. The van der Waals surface area contributed by atoms with Crippen LogP contribution in [0.4, 0.5) is 10.5 Å². The third kappa shape index (κ3) is 2.97. The topological polar surface area (TPSA) is 76.1 Å². The maximum atomic E-state index is 12.9. The van der Waals surface area contributed by atoms with E-state index in [1.54, 1.807) is 6.07 Å². The Labute approximate surface area is 173 Å². The Kier molecular flexibility index (Phi) is 4.39. The predicted molar refractivity (Wildman–Crippen MR) is 111 cm³/mol. The summed E-state index contributed by atoms with van der Waals surface area (Å²) in [5.74, 6) is -0.689. The lowest BCUT2D eigenvalue weighted by Gasteiger charge is -2.29. The summed E-state index contributed by atoms with van der Waals surface area (Å²) in [6.45, 7) is 0.850. The molecule has 1 amide bonds. The van der Waals surface area contributed by atoms with Crippen LogP contribution >= 0.6 is 0 Å². The average Bonchev–Trinajstić information content (AvgIpc) is 3.10. The Morgan fingerprint density at radius 3 is 2.33 bits per heavy atom. The first-order valence-electron chi connectivity index (χ1n) is 9.76. The Balaban J connectivity index is 1.37. The molecule has 0 saturated carbocycles. The number of carbonyl (C=O) groups is 2. The van der Waals surface area contributed by atoms with Gasteiger partial charge >= 0.3 is 12.1 Å². The van der Waals surface area contributed by atoms with Crippen LogP contribution in [0.15, 0.2) is 66.7 Å². The van der Waals surface area contributed by atoms with E-state index in [9.17, 15) is 9.59 Å². The van der Waals surface area contributed by atoms with Gasteiger partial charge in [0.15, 0.2) is 0 Å². The van der Waals surface area contributed by atoms with Crippen LogP contribution in [0.5, 0.6) is 5.75 Å². The second-order valence-electron chi connectivity index (χ2n) is 7.29. The molecule has 30 heavy (non-hydrogen) atoms. The normalized spacial score (nSPS) is 14.3. The van der Waals surface area contributed by atoms with Crippen molar-refractivity contribution in [2.24, 2.45) is 0 Å². The predicted octanol–water partition coefficient (Wildman–Crippen LogP) is 4.53. The Morgan fingerprint density at radius 1 is 1.00 bits per heavy atom. The van der Waals surface area contributed by atoms with E-state index in [1.165, 1.54) is 28.2 Å². The molecule has 0 spiro atoms. The SMILES string of the molecule is O=C(O)c1ccc2c(c1)OCCN2C(=O)OCC1c2ccccc2-c2ccccc21. The molecule has 0 bridgehead atoms. The molecule has 3 aromatic rings. The lowest BCUT2D eigenvalue weighted by atomic mass is 9.98. The number of carboxylic acids is 1. The number of nitrogens with zero attached hydrogens (tertiary/aromatic N) is 1. The highest BCUT2D eigenvalue weighted by Crippen LogP contribution is 2.44. The summed E-state index contributed by atoms with van der Waals surface area (Å²) in [6.07, 6.45) is -0.468. The summed E-state index contributed by atoms with van der Waals surface area (Å²) in [7, 11) is 0. The summed E-state index contributed by atoms with van der Waals surface area (Å²) in [6, 6.07) is 20.8. The van der Waals surface area contributed by atoms with E-state index in [4.69, 9.17) is 14.6 Å². The van der Waals surface area contributed by atoms with E-state index in [-0.39, 0.29) is 24.7 Å². The number of carbonyl (C=O) groups excluding carboxylic acids is 1. The Bertz CT molecular complexity index is 1110. The van der Waals surface area contributed by atoms with Crippen molar-refractivity contribution in [2.45, 2.75) is 5.92 Å². The maximum Gasteiger partial charge on any atom is 0.414 e. The fourth-order valence-corrected chi connectivity index (χ4v) is 4.21. The lowest BCUT2D eigenvalue weighted by Crippen LogP contribution is -2.39. The van der Waals surface area contributed by atoms with Gasteiger partial charge in [-0.1, -0.05) is 48.5 Å². The number of hydrogen-bond donors (Lipinski definition) is 1. The van der Waals surface area contributed by atoms with Crippen LogP contribution in [0.2, 0.25) is 0 Å². The van der Waals surface area contributed by atoms with E-state index in [1.807, 2.05) is 24.3 Å². The average molecular weight is 401 g/mol. The number of fused-ring (bicyclic) bond motifs is 4. The van der Waals surface area contributed by atoms with Crippen LogP contribution in [0, 0.1) is 0 Å². The minimum atomic E-state index is -1.04.